The highest BCUT2D eigenvalue weighted by molar-refractivity contribution is 7.14. The van der Waals surface area contributed by atoms with Crippen molar-refractivity contribution in [2.45, 2.75) is 33.6 Å². The van der Waals surface area contributed by atoms with Crippen LogP contribution in [0.1, 0.15) is 30.9 Å². The molecule has 1 N–H and O–H groups in total. The average Bonchev–Trinajstić information content (AvgIpc) is 3.17. The summed E-state index contributed by atoms with van der Waals surface area (Å²) >= 11 is 1.39. The molecule has 152 valence electrons. The zero-order valence-corrected chi connectivity index (χ0v) is 17.8. The monoisotopic (exact) mass is 410 g/mol. The third kappa shape index (κ3) is 5.81. The molecule has 5 nitrogen and oxygen atoms in total. The minimum Gasteiger partial charge on any atom is -0.494 e. The van der Waals surface area contributed by atoms with Gasteiger partial charge in [-0.15, -0.1) is 11.3 Å². The van der Waals surface area contributed by atoms with Gasteiger partial charge in [0.2, 0.25) is 0 Å². The summed E-state index contributed by atoms with van der Waals surface area (Å²) in [6, 6.07) is 13.7. The van der Waals surface area contributed by atoms with Crippen molar-refractivity contribution in [2.75, 3.05) is 18.5 Å². The lowest BCUT2D eigenvalue weighted by molar-refractivity contribution is -0.118. The Morgan fingerprint density at radius 3 is 2.48 bits per heavy atom. The van der Waals surface area contributed by atoms with E-state index in [0.29, 0.717) is 5.13 Å². The van der Waals surface area contributed by atoms with Crippen LogP contribution >= 0.6 is 11.3 Å². The van der Waals surface area contributed by atoms with Crippen LogP contribution in [-0.2, 0) is 4.79 Å². The van der Waals surface area contributed by atoms with Crippen LogP contribution in [0.25, 0.3) is 11.3 Å². The van der Waals surface area contributed by atoms with Crippen LogP contribution < -0.4 is 14.8 Å². The third-order valence-corrected chi connectivity index (χ3v) is 5.18. The van der Waals surface area contributed by atoms with Crippen LogP contribution in [0, 0.1) is 13.8 Å². The normalized spacial score (nSPS) is 10.6. The number of aromatic nitrogens is 1. The van der Waals surface area contributed by atoms with Gasteiger partial charge < -0.3 is 9.47 Å². The van der Waals surface area contributed by atoms with Gasteiger partial charge >= 0.3 is 0 Å². The van der Waals surface area contributed by atoms with Gasteiger partial charge in [-0.3, -0.25) is 10.1 Å². The van der Waals surface area contributed by atoms with Crippen LogP contribution in [0.15, 0.2) is 47.8 Å². The summed E-state index contributed by atoms with van der Waals surface area (Å²) in [6.45, 7) is 6.75. The van der Waals surface area contributed by atoms with E-state index < -0.39 is 0 Å². The predicted molar refractivity (Wildman–Crippen MR) is 118 cm³/mol. The molecule has 0 aliphatic rings. The molecule has 0 radical (unpaired) electrons. The third-order valence-electron chi connectivity index (χ3n) is 4.42. The molecular weight excluding hydrogens is 384 g/mol. The summed E-state index contributed by atoms with van der Waals surface area (Å²) in [6.07, 6.45) is 2.16. The molecule has 1 heterocycles. The minimum absolute atomic E-state index is 0.0512. The molecule has 0 atom stereocenters. The number of hydrogen-bond donors (Lipinski definition) is 1. The largest absolute Gasteiger partial charge is 0.494 e. The molecular formula is C23H26N2O3S. The Morgan fingerprint density at radius 1 is 1.07 bits per heavy atom. The Bertz CT molecular complexity index is 931. The number of benzene rings is 2. The van der Waals surface area contributed by atoms with Crippen molar-refractivity contribution in [3.05, 3.63) is 59.0 Å². The zero-order chi connectivity index (χ0) is 20.6. The van der Waals surface area contributed by atoms with Crippen molar-refractivity contribution in [3.63, 3.8) is 0 Å². The van der Waals surface area contributed by atoms with Gasteiger partial charge in [0.1, 0.15) is 11.5 Å². The van der Waals surface area contributed by atoms with E-state index in [0.717, 1.165) is 53.3 Å². The number of ether oxygens (including phenoxy) is 2. The van der Waals surface area contributed by atoms with E-state index in [4.69, 9.17) is 9.47 Å². The maximum Gasteiger partial charge on any atom is 0.264 e. The molecule has 1 aromatic heterocycles. The summed E-state index contributed by atoms with van der Waals surface area (Å²) in [5.74, 6) is 1.38. The number of thiazole rings is 1. The Labute approximate surface area is 175 Å². The van der Waals surface area contributed by atoms with Crippen molar-refractivity contribution in [1.82, 2.24) is 4.98 Å². The first-order valence-electron chi connectivity index (χ1n) is 9.74. The van der Waals surface area contributed by atoms with Gasteiger partial charge in [-0.1, -0.05) is 31.5 Å². The SMILES string of the molecule is CCCCOc1ccc(-c2csc(NC(=O)COc3c(C)cccc3C)n2)cc1. The molecule has 0 bridgehead atoms. The lowest BCUT2D eigenvalue weighted by Crippen LogP contribution is -2.20. The smallest absolute Gasteiger partial charge is 0.264 e. The number of anilines is 1. The maximum atomic E-state index is 12.2. The standard InChI is InChI=1S/C23H26N2O3S/c1-4-5-13-27-19-11-9-18(10-12-19)20-15-29-23(24-20)25-21(26)14-28-22-16(2)7-6-8-17(22)3/h6-12,15H,4-5,13-14H2,1-3H3,(H,24,25,26). The summed E-state index contributed by atoms with van der Waals surface area (Å²) in [4.78, 5) is 16.7. The predicted octanol–water partition coefficient (Wildman–Crippen LogP) is 5.62. The van der Waals surface area contributed by atoms with E-state index in [1.165, 1.54) is 11.3 Å². The summed E-state index contributed by atoms with van der Waals surface area (Å²) < 4.78 is 11.4. The molecule has 6 heteroatoms. The second-order valence-electron chi connectivity index (χ2n) is 6.82. The van der Waals surface area contributed by atoms with E-state index >= 15 is 0 Å². The van der Waals surface area contributed by atoms with Gasteiger partial charge in [-0.05, 0) is 55.7 Å². The first kappa shape index (κ1) is 20.9. The molecule has 0 spiro atoms. The van der Waals surface area contributed by atoms with Gasteiger partial charge in [0.05, 0.1) is 12.3 Å². The number of hydrogen-bond acceptors (Lipinski definition) is 5. The highest BCUT2D eigenvalue weighted by atomic mass is 32.1. The summed E-state index contributed by atoms with van der Waals surface area (Å²) in [5.41, 5.74) is 3.82. The van der Waals surface area contributed by atoms with E-state index in [9.17, 15) is 4.79 Å². The highest BCUT2D eigenvalue weighted by Gasteiger charge is 2.11. The van der Waals surface area contributed by atoms with Gasteiger partial charge in [-0.2, -0.15) is 0 Å². The van der Waals surface area contributed by atoms with Crippen LogP contribution in [0.5, 0.6) is 11.5 Å². The van der Waals surface area contributed by atoms with Crippen LogP contribution in [0.4, 0.5) is 5.13 Å². The van der Waals surface area contributed by atoms with Crippen LogP contribution in [0.3, 0.4) is 0 Å². The fourth-order valence-electron chi connectivity index (χ4n) is 2.84. The van der Waals surface area contributed by atoms with Crippen molar-refractivity contribution >= 4 is 22.4 Å². The maximum absolute atomic E-state index is 12.2. The molecule has 3 rings (SSSR count). The van der Waals surface area contributed by atoms with Gasteiger partial charge in [0.15, 0.2) is 11.7 Å². The second kappa shape index (κ2) is 10.1. The van der Waals surface area contributed by atoms with Gasteiger partial charge in [0, 0.05) is 10.9 Å². The number of nitrogens with zero attached hydrogens (tertiary/aromatic N) is 1. The number of rotatable bonds is 9. The number of carbonyl (C=O) groups excluding carboxylic acids is 1. The lowest BCUT2D eigenvalue weighted by atomic mass is 10.1. The van der Waals surface area contributed by atoms with Crippen LogP contribution in [-0.4, -0.2) is 24.1 Å². The van der Waals surface area contributed by atoms with Crippen molar-refractivity contribution in [2.24, 2.45) is 0 Å². The zero-order valence-electron chi connectivity index (χ0n) is 17.0. The first-order chi connectivity index (χ1) is 14.1. The highest BCUT2D eigenvalue weighted by Crippen LogP contribution is 2.27. The Kier molecular flexibility index (Phi) is 7.25. The molecule has 0 aliphatic heterocycles. The number of unbranched alkanes of at least 4 members (excludes halogenated alkanes) is 1. The fourth-order valence-corrected chi connectivity index (χ4v) is 3.58. The van der Waals surface area contributed by atoms with E-state index in [2.05, 4.69) is 17.2 Å². The van der Waals surface area contributed by atoms with Crippen molar-refractivity contribution in [1.29, 1.82) is 0 Å². The lowest BCUT2D eigenvalue weighted by Gasteiger charge is -2.11. The molecule has 2 aromatic carbocycles. The number of nitrogens with one attached hydrogen (secondary N) is 1. The molecule has 1 amide bonds. The van der Waals surface area contributed by atoms with Gasteiger partial charge in [-0.25, -0.2) is 4.98 Å². The van der Waals surface area contributed by atoms with E-state index in [-0.39, 0.29) is 12.5 Å². The Balaban J connectivity index is 1.55. The molecule has 0 saturated heterocycles. The quantitative estimate of drug-likeness (QED) is 0.465. The molecule has 0 fully saturated rings. The van der Waals surface area contributed by atoms with Crippen LogP contribution in [0.2, 0.25) is 0 Å². The fraction of sp³-hybridized carbons (Fsp3) is 0.304. The number of para-hydroxylation sites is 1. The number of carbonyl (C=O) groups is 1. The molecule has 29 heavy (non-hydrogen) atoms. The number of aryl methyl sites for hydroxylation is 2. The number of amides is 1. The second-order valence-corrected chi connectivity index (χ2v) is 7.68. The topological polar surface area (TPSA) is 60.5 Å². The molecule has 0 aliphatic carbocycles. The van der Waals surface area contributed by atoms with Crippen molar-refractivity contribution < 1.29 is 14.3 Å². The van der Waals surface area contributed by atoms with E-state index in [1.807, 2.05) is 61.7 Å². The minimum atomic E-state index is -0.228. The summed E-state index contributed by atoms with van der Waals surface area (Å²) in [7, 11) is 0. The average molecular weight is 411 g/mol. The Hall–Kier alpha value is -2.86. The van der Waals surface area contributed by atoms with E-state index in [1.54, 1.807) is 0 Å². The van der Waals surface area contributed by atoms with Gasteiger partial charge in [0.25, 0.3) is 5.91 Å². The molecule has 0 unspecified atom stereocenters. The molecule has 0 saturated carbocycles. The van der Waals surface area contributed by atoms with Crippen molar-refractivity contribution in [3.8, 4) is 22.8 Å². The summed E-state index contributed by atoms with van der Waals surface area (Å²) in [5, 5.41) is 5.29. The first-order valence-corrected chi connectivity index (χ1v) is 10.6. The molecule has 3 aromatic rings. The Morgan fingerprint density at radius 2 is 1.79 bits per heavy atom.